The molecule has 4 heteroatoms. The van der Waals surface area contributed by atoms with Crippen LogP contribution in [0, 0.1) is 0 Å². The van der Waals surface area contributed by atoms with Gasteiger partial charge in [0.15, 0.2) is 0 Å². The Bertz CT molecular complexity index is 319. The van der Waals surface area contributed by atoms with Gasteiger partial charge in [0.05, 0.1) is 0 Å². The average molecular weight is 418 g/mol. The molecule has 0 heterocycles. The van der Waals surface area contributed by atoms with E-state index in [1.807, 2.05) is 0 Å². The fourth-order valence-electron chi connectivity index (χ4n) is 4.06. The topological polar surface area (TPSA) is 43.4 Å². The summed E-state index contributed by atoms with van der Waals surface area (Å²) in [5.74, 6) is -0.903. The van der Waals surface area contributed by atoms with Crippen molar-refractivity contribution in [3.63, 3.8) is 0 Å². The minimum absolute atomic E-state index is 0. The zero-order valence-corrected chi connectivity index (χ0v) is 21.0. The predicted octanol–water partition coefficient (Wildman–Crippen LogP) is 3.88. The summed E-state index contributed by atoms with van der Waals surface area (Å²) in [7, 11) is 0. The second-order valence-electron chi connectivity index (χ2n) is 8.97. The quantitative estimate of drug-likeness (QED) is 0.177. The summed E-state index contributed by atoms with van der Waals surface area (Å²) in [5, 5.41) is 10.5. The van der Waals surface area contributed by atoms with Crippen molar-refractivity contribution in [3.05, 3.63) is 0 Å². The maximum atomic E-state index is 10.5. The maximum absolute atomic E-state index is 10.5. The first-order valence-electron chi connectivity index (χ1n) is 13.1. The van der Waals surface area contributed by atoms with Crippen LogP contribution in [0.3, 0.4) is 0 Å². The first-order chi connectivity index (χ1) is 14.2. The molecule has 0 aliphatic rings. The van der Waals surface area contributed by atoms with E-state index in [-0.39, 0.29) is 25.3 Å². The van der Waals surface area contributed by atoms with Crippen molar-refractivity contribution < 1.29 is 28.8 Å². The van der Waals surface area contributed by atoms with Gasteiger partial charge in [-0.3, -0.25) is 0 Å². The number of hydrogen-bond acceptors (Lipinski definition) is 3. The van der Waals surface area contributed by atoms with Gasteiger partial charge >= 0.3 is 18.9 Å². The van der Waals surface area contributed by atoms with E-state index in [9.17, 15) is 9.90 Å². The van der Waals surface area contributed by atoms with Gasteiger partial charge in [0.25, 0.3) is 0 Å². The van der Waals surface area contributed by atoms with Gasteiger partial charge in [0, 0.05) is 5.97 Å². The predicted molar refractivity (Wildman–Crippen MR) is 125 cm³/mol. The molecule has 0 aromatic heterocycles. The third kappa shape index (κ3) is 26.1. The molecule has 0 aromatic carbocycles. The monoisotopic (exact) mass is 417 g/mol. The molecule has 0 radical (unpaired) electrons. The Morgan fingerprint density at radius 1 is 0.533 bits per heavy atom. The Kier molecular flexibility index (Phi) is 29.1. The molecule has 0 aliphatic heterocycles. The van der Waals surface area contributed by atoms with Crippen molar-refractivity contribution in [2.75, 3.05) is 19.6 Å². The molecule has 0 rings (SSSR count). The zero-order chi connectivity index (χ0) is 21.4. The van der Waals surface area contributed by atoms with Gasteiger partial charge in [0.1, 0.15) is 0 Å². The Labute approximate surface area is 201 Å². The number of aliphatic carboxylic acids is 1. The normalized spacial score (nSPS) is 11.0. The molecule has 30 heavy (non-hydrogen) atoms. The molecule has 0 amide bonds. The van der Waals surface area contributed by atoms with E-state index in [1.165, 1.54) is 116 Å². The zero-order valence-electron chi connectivity index (χ0n) is 21.0. The largest absolute Gasteiger partial charge is 1.00 e. The van der Waals surface area contributed by atoms with Crippen LogP contribution in [-0.4, -0.2) is 30.5 Å². The third-order valence-electron chi connectivity index (χ3n) is 6.01. The molecule has 0 aliphatic carbocycles. The summed E-state index contributed by atoms with van der Waals surface area (Å²) in [5.41, 5.74) is 0. The number of carbonyl (C=O) groups is 1. The summed E-state index contributed by atoms with van der Waals surface area (Å²) in [6, 6.07) is 0. The van der Waals surface area contributed by atoms with E-state index in [4.69, 9.17) is 0 Å². The van der Waals surface area contributed by atoms with Crippen molar-refractivity contribution in [3.8, 4) is 0 Å². The van der Waals surface area contributed by atoms with E-state index in [0.29, 0.717) is 0 Å². The SMILES string of the molecule is CCCCCCCCCCN(CCCCCCCCCC)CCCCCC(=O)[O-].[Li+]. The molecule has 0 N–H and O–H groups in total. The van der Waals surface area contributed by atoms with E-state index in [0.717, 1.165) is 25.8 Å². The van der Waals surface area contributed by atoms with E-state index >= 15 is 0 Å². The van der Waals surface area contributed by atoms with E-state index in [1.54, 1.807) is 0 Å². The number of carboxylic acids is 1. The standard InChI is InChI=1S/C26H53NO2.Li/c1-3-5-7-9-11-13-15-19-23-27(25-21-17-18-22-26(28)29)24-20-16-14-12-10-8-6-4-2;/h3-25H2,1-2H3,(H,28,29);/q;+1/p-1. The molecule has 0 saturated heterocycles. The summed E-state index contributed by atoms with van der Waals surface area (Å²) in [4.78, 5) is 13.2. The second kappa shape index (κ2) is 27.1. The van der Waals surface area contributed by atoms with Gasteiger partial charge < -0.3 is 14.8 Å². The fraction of sp³-hybridized carbons (Fsp3) is 0.962. The van der Waals surface area contributed by atoms with Crippen LogP contribution in [0.25, 0.3) is 0 Å². The van der Waals surface area contributed by atoms with E-state index in [2.05, 4.69) is 18.7 Å². The second-order valence-corrected chi connectivity index (χ2v) is 8.97. The van der Waals surface area contributed by atoms with Crippen LogP contribution in [0.5, 0.6) is 0 Å². The summed E-state index contributed by atoms with van der Waals surface area (Å²) >= 11 is 0. The molecule has 0 saturated carbocycles. The first-order valence-corrected chi connectivity index (χ1v) is 13.1. The van der Waals surface area contributed by atoms with Crippen LogP contribution in [0.1, 0.15) is 142 Å². The van der Waals surface area contributed by atoms with Crippen LogP contribution in [0.2, 0.25) is 0 Å². The number of carbonyl (C=O) groups excluding carboxylic acids is 1. The molecular weight excluding hydrogens is 365 g/mol. The Morgan fingerprint density at radius 3 is 1.17 bits per heavy atom. The molecule has 0 spiro atoms. The third-order valence-corrected chi connectivity index (χ3v) is 6.01. The molecule has 174 valence electrons. The van der Waals surface area contributed by atoms with Gasteiger partial charge in [0.2, 0.25) is 0 Å². The van der Waals surface area contributed by atoms with Crippen molar-refractivity contribution in [1.82, 2.24) is 4.90 Å². The smallest absolute Gasteiger partial charge is 0.550 e. The number of hydrogen-bond donors (Lipinski definition) is 0. The molecule has 0 bridgehead atoms. The summed E-state index contributed by atoms with van der Waals surface area (Å²) in [6.07, 6.45) is 25.2. The van der Waals surface area contributed by atoms with Gasteiger partial charge in [-0.2, -0.15) is 0 Å². The average Bonchev–Trinajstić information content (AvgIpc) is 2.70. The first kappa shape index (κ1) is 32.2. The number of unbranched alkanes of at least 4 members (excludes halogenated alkanes) is 16. The van der Waals surface area contributed by atoms with Crippen molar-refractivity contribution >= 4 is 5.97 Å². The van der Waals surface area contributed by atoms with Gasteiger partial charge in [-0.1, -0.05) is 110 Å². The number of rotatable bonds is 24. The van der Waals surface area contributed by atoms with Crippen LogP contribution in [0.4, 0.5) is 0 Å². The molecule has 0 fully saturated rings. The van der Waals surface area contributed by atoms with Crippen LogP contribution in [0.15, 0.2) is 0 Å². The van der Waals surface area contributed by atoms with Crippen molar-refractivity contribution in [2.45, 2.75) is 142 Å². The fourth-order valence-corrected chi connectivity index (χ4v) is 4.06. The van der Waals surface area contributed by atoms with Crippen molar-refractivity contribution in [1.29, 1.82) is 0 Å². The summed E-state index contributed by atoms with van der Waals surface area (Å²) in [6.45, 7) is 8.15. The van der Waals surface area contributed by atoms with Crippen molar-refractivity contribution in [2.24, 2.45) is 0 Å². The van der Waals surface area contributed by atoms with Gasteiger partial charge in [-0.15, -0.1) is 0 Å². The molecular formula is C26H52LiNO2. The Morgan fingerprint density at radius 2 is 0.833 bits per heavy atom. The minimum Gasteiger partial charge on any atom is -0.550 e. The number of nitrogens with zero attached hydrogens (tertiary/aromatic N) is 1. The van der Waals surface area contributed by atoms with Gasteiger partial charge in [-0.05, 0) is 51.7 Å². The van der Waals surface area contributed by atoms with Crippen LogP contribution in [-0.2, 0) is 4.79 Å². The Balaban J connectivity index is 0. The molecule has 0 aromatic rings. The van der Waals surface area contributed by atoms with Crippen LogP contribution < -0.4 is 24.0 Å². The van der Waals surface area contributed by atoms with E-state index < -0.39 is 5.97 Å². The van der Waals surface area contributed by atoms with Crippen LogP contribution >= 0.6 is 0 Å². The van der Waals surface area contributed by atoms with Gasteiger partial charge in [-0.25, -0.2) is 0 Å². The Hall–Kier alpha value is 0.0274. The molecule has 0 atom stereocenters. The summed E-state index contributed by atoms with van der Waals surface area (Å²) < 4.78 is 0. The number of carboxylic acid groups (broad SMARTS) is 1. The molecule has 3 nitrogen and oxygen atoms in total. The minimum atomic E-state index is -0.903. The maximum Gasteiger partial charge on any atom is 1.00 e. The molecule has 0 unspecified atom stereocenters.